The summed E-state index contributed by atoms with van der Waals surface area (Å²) in [6, 6.07) is 3.60. The van der Waals surface area contributed by atoms with Crippen molar-refractivity contribution in [1.82, 2.24) is 29.8 Å². The third kappa shape index (κ3) is 2.96. The van der Waals surface area contributed by atoms with Crippen LogP contribution < -0.4 is 4.90 Å². The molecule has 1 atom stereocenters. The molecule has 0 aromatic carbocycles. The first-order valence-electron chi connectivity index (χ1n) is 9.81. The van der Waals surface area contributed by atoms with Crippen molar-refractivity contribution in [2.75, 3.05) is 11.4 Å². The van der Waals surface area contributed by atoms with Gasteiger partial charge in [-0.2, -0.15) is 5.10 Å². The minimum absolute atomic E-state index is 0.0718. The van der Waals surface area contributed by atoms with E-state index in [1.807, 2.05) is 12.3 Å². The van der Waals surface area contributed by atoms with E-state index in [0.29, 0.717) is 5.92 Å². The van der Waals surface area contributed by atoms with Gasteiger partial charge in [0.15, 0.2) is 10.7 Å². The molecule has 4 aromatic heterocycles. The second-order valence-corrected chi connectivity index (χ2v) is 8.63. The summed E-state index contributed by atoms with van der Waals surface area (Å²) in [7, 11) is 0. The van der Waals surface area contributed by atoms with Crippen molar-refractivity contribution in [3.8, 4) is 10.6 Å². The Bertz CT molecular complexity index is 1200. The summed E-state index contributed by atoms with van der Waals surface area (Å²) in [6.45, 7) is 0.873. The maximum absolute atomic E-state index is 13.7. The van der Waals surface area contributed by atoms with Gasteiger partial charge in [-0.1, -0.05) is 11.3 Å². The van der Waals surface area contributed by atoms with Gasteiger partial charge in [-0.3, -0.25) is 4.98 Å². The van der Waals surface area contributed by atoms with E-state index in [2.05, 4.69) is 25.2 Å². The third-order valence-corrected chi connectivity index (χ3v) is 6.73. The van der Waals surface area contributed by atoms with E-state index in [1.165, 1.54) is 19.0 Å². The monoisotopic (exact) mass is 407 g/mol. The van der Waals surface area contributed by atoms with E-state index >= 15 is 0 Å². The predicted molar refractivity (Wildman–Crippen MR) is 107 cm³/mol. The summed E-state index contributed by atoms with van der Waals surface area (Å²) in [5, 5.41) is 15.1. The lowest BCUT2D eigenvalue weighted by molar-refractivity contribution is 0.610. The quantitative estimate of drug-likeness (QED) is 0.509. The summed E-state index contributed by atoms with van der Waals surface area (Å²) in [4.78, 5) is 11.2. The number of anilines is 1. The zero-order chi connectivity index (χ0) is 19.4. The molecule has 1 aliphatic heterocycles. The normalized spacial score (nSPS) is 19.3. The largest absolute Gasteiger partial charge is 0.349 e. The van der Waals surface area contributed by atoms with Crippen molar-refractivity contribution in [2.24, 2.45) is 0 Å². The first-order chi connectivity index (χ1) is 14.3. The van der Waals surface area contributed by atoms with Crippen molar-refractivity contribution in [2.45, 2.75) is 37.6 Å². The molecule has 1 unspecified atom stereocenters. The zero-order valence-electron chi connectivity index (χ0n) is 15.6. The standard InChI is InChI=1S/C20H18FN7S/c21-14-8-13(9-22-10-14)16-2-1-6-27(16)17-5-7-28-18(24-17)15(11-23-28)20-26-25-19(29-20)12-3-4-12/h5,7-12,16H,1-4,6H2. The summed E-state index contributed by atoms with van der Waals surface area (Å²) >= 11 is 1.63. The highest BCUT2D eigenvalue weighted by Crippen LogP contribution is 2.43. The molecule has 9 heteroatoms. The Morgan fingerprint density at radius 2 is 2.03 bits per heavy atom. The molecule has 1 aliphatic carbocycles. The van der Waals surface area contributed by atoms with Gasteiger partial charge in [-0.25, -0.2) is 13.9 Å². The smallest absolute Gasteiger partial charge is 0.167 e. The van der Waals surface area contributed by atoms with E-state index in [0.717, 1.165) is 52.0 Å². The van der Waals surface area contributed by atoms with Gasteiger partial charge in [0.1, 0.15) is 16.6 Å². The maximum Gasteiger partial charge on any atom is 0.167 e. The Morgan fingerprint density at radius 1 is 1.10 bits per heavy atom. The van der Waals surface area contributed by atoms with Gasteiger partial charge in [-0.15, -0.1) is 10.2 Å². The summed E-state index contributed by atoms with van der Waals surface area (Å²) in [5.74, 6) is 1.13. The number of hydrogen-bond donors (Lipinski definition) is 0. The fourth-order valence-corrected chi connectivity index (χ4v) is 5.02. The highest BCUT2D eigenvalue weighted by atomic mass is 32.1. The van der Waals surface area contributed by atoms with Gasteiger partial charge in [-0.05, 0) is 43.4 Å². The summed E-state index contributed by atoms with van der Waals surface area (Å²) in [6.07, 6.45) is 11.1. The van der Waals surface area contributed by atoms with Crippen molar-refractivity contribution < 1.29 is 4.39 Å². The van der Waals surface area contributed by atoms with E-state index in [1.54, 1.807) is 34.3 Å². The molecule has 0 N–H and O–H groups in total. The summed E-state index contributed by atoms with van der Waals surface area (Å²) < 4.78 is 15.5. The number of hydrogen-bond acceptors (Lipinski definition) is 7. The molecule has 5 heterocycles. The Hall–Kier alpha value is -2.94. The van der Waals surface area contributed by atoms with Crippen molar-refractivity contribution >= 4 is 22.8 Å². The first kappa shape index (κ1) is 17.0. The van der Waals surface area contributed by atoms with Crippen molar-refractivity contribution in [3.63, 3.8) is 0 Å². The van der Waals surface area contributed by atoms with Crippen LogP contribution in [0.15, 0.2) is 36.9 Å². The van der Waals surface area contributed by atoms with Crippen LogP contribution in [-0.2, 0) is 0 Å². The average molecular weight is 407 g/mol. The Kier molecular flexibility index (Phi) is 3.83. The number of fused-ring (bicyclic) bond motifs is 1. The lowest BCUT2D eigenvalue weighted by Crippen LogP contribution is -2.24. The number of pyridine rings is 1. The van der Waals surface area contributed by atoms with Gasteiger partial charge < -0.3 is 4.90 Å². The topological polar surface area (TPSA) is 72.1 Å². The second-order valence-electron chi connectivity index (χ2n) is 7.62. The molecule has 0 amide bonds. The summed E-state index contributed by atoms with van der Waals surface area (Å²) in [5.41, 5.74) is 2.56. The molecule has 146 valence electrons. The molecule has 2 fully saturated rings. The molecule has 29 heavy (non-hydrogen) atoms. The molecular formula is C20H18FN7S. The van der Waals surface area contributed by atoms with Crippen LogP contribution in [0.2, 0.25) is 0 Å². The molecule has 2 aliphatic rings. The predicted octanol–water partition coefficient (Wildman–Crippen LogP) is 4.00. The fourth-order valence-electron chi connectivity index (χ4n) is 4.01. The average Bonchev–Trinajstić information content (AvgIpc) is 3.15. The van der Waals surface area contributed by atoms with Gasteiger partial charge in [0, 0.05) is 24.9 Å². The van der Waals surface area contributed by atoms with E-state index in [9.17, 15) is 4.39 Å². The van der Waals surface area contributed by atoms with Crippen molar-refractivity contribution in [1.29, 1.82) is 0 Å². The van der Waals surface area contributed by atoms with Crippen LogP contribution in [0.1, 0.15) is 48.2 Å². The minimum Gasteiger partial charge on any atom is -0.349 e. The molecule has 1 saturated carbocycles. The van der Waals surface area contributed by atoms with Gasteiger partial charge in [0.05, 0.1) is 24.0 Å². The maximum atomic E-state index is 13.7. The zero-order valence-corrected chi connectivity index (χ0v) is 16.4. The van der Waals surface area contributed by atoms with Crippen LogP contribution in [0.4, 0.5) is 10.2 Å². The second kappa shape index (κ2) is 6.55. The van der Waals surface area contributed by atoms with Crippen LogP contribution in [0.3, 0.4) is 0 Å². The van der Waals surface area contributed by atoms with E-state index in [-0.39, 0.29) is 11.9 Å². The van der Waals surface area contributed by atoms with Crippen LogP contribution in [0.5, 0.6) is 0 Å². The minimum atomic E-state index is -0.307. The Morgan fingerprint density at radius 3 is 2.90 bits per heavy atom. The molecule has 4 aromatic rings. The first-order valence-corrected chi connectivity index (χ1v) is 10.6. The number of halogens is 1. The van der Waals surface area contributed by atoms with Crippen molar-refractivity contribution in [3.05, 3.63) is 53.3 Å². The van der Waals surface area contributed by atoms with Crippen LogP contribution in [-0.4, -0.2) is 36.3 Å². The fraction of sp³-hybridized carbons (Fsp3) is 0.350. The van der Waals surface area contributed by atoms with E-state index < -0.39 is 0 Å². The van der Waals surface area contributed by atoms with E-state index in [4.69, 9.17) is 4.98 Å². The number of rotatable bonds is 4. The molecule has 7 nitrogen and oxygen atoms in total. The van der Waals surface area contributed by atoms with Crippen LogP contribution >= 0.6 is 11.3 Å². The molecule has 0 bridgehead atoms. The molecule has 6 rings (SSSR count). The highest BCUT2D eigenvalue weighted by molar-refractivity contribution is 7.14. The molecule has 0 radical (unpaired) electrons. The highest BCUT2D eigenvalue weighted by Gasteiger charge is 2.30. The number of nitrogens with zero attached hydrogens (tertiary/aromatic N) is 7. The van der Waals surface area contributed by atoms with Crippen LogP contribution in [0.25, 0.3) is 16.2 Å². The Labute approximate surface area is 170 Å². The SMILES string of the molecule is Fc1cncc(C2CCCN2c2ccn3ncc(-c4nnc(C5CC5)s4)c3n2)c1. The van der Waals surface area contributed by atoms with Gasteiger partial charge in [0.2, 0.25) is 0 Å². The molecule has 0 spiro atoms. The van der Waals surface area contributed by atoms with Crippen LogP contribution in [0, 0.1) is 5.82 Å². The molecular weight excluding hydrogens is 389 g/mol. The lowest BCUT2D eigenvalue weighted by atomic mass is 10.1. The molecule has 1 saturated heterocycles. The van der Waals surface area contributed by atoms with Gasteiger partial charge in [0.25, 0.3) is 0 Å². The lowest BCUT2D eigenvalue weighted by Gasteiger charge is -2.26. The van der Waals surface area contributed by atoms with Gasteiger partial charge >= 0.3 is 0 Å². The Balaban J connectivity index is 1.38. The number of aromatic nitrogens is 6. The third-order valence-electron chi connectivity index (χ3n) is 5.61.